The summed E-state index contributed by atoms with van der Waals surface area (Å²) in [5, 5.41) is 0. The minimum absolute atomic E-state index is 0.129. The molecule has 0 radical (unpaired) electrons. The van der Waals surface area contributed by atoms with Crippen molar-refractivity contribution >= 4 is 11.9 Å². The minimum Gasteiger partial charge on any atom is -0.469 e. The second-order valence-electron chi connectivity index (χ2n) is 5.34. The van der Waals surface area contributed by atoms with Crippen LogP contribution in [-0.4, -0.2) is 36.0 Å². The van der Waals surface area contributed by atoms with Crippen molar-refractivity contribution in [2.24, 2.45) is 5.92 Å². The molecular formula is C14H17NO4. The lowest BCUT2D eigenvalue weighted by molar-refractivity contribution is -0.128. The Hall–Kier alpha value is -1.78. The lowest BCUT2D eigenvalue weighted by Gasteiger charge is -2.15. The van der Waals surface area contributed by atoms with Gasteiger partial charge in [0.05, 0.1) is 12.9 Å². The first kappa shape index (κ1) is 12.3. The van der Waals surface area contributed by atoms with Crippen LogP contribution >= 0.6 is 0 Å². The summed E-state index contributed by atoms with van der Waals surface area (Å²) in [4.78, 5) is 25.5. The summed E-state index contributed by atoms with van der Waals surface area (Å²) in [5.41, 5.74) is 0.461. The van der Waals surface area contributed by atoms with Gasteiger partial charge in [0, 0.05) is 24.9 Å². The maximum atomic E-state index is 11.8. The van der Waals surface area contributed by atoms with Gasteiger partial charge in [-0.3, -0.25) is 4.79 Å². The van der Waals surface area contributed by atoms with E-state index in [0.29, 0.717) is 30.4 Å². The topological polar surface area (TPSA) is 59.8 Å². The molecule has 3 rings (SSSR count). The van der Waals surface area contributed by atoms with Gasteiger partial charge >= 0.3 is 5.97 Å². The number of nitrogens with zero attached hydrogens (tertiary/aromatic N) is 1. The van der Waals surface area contributed by atoms with E-state index in [1.165, 1.54) is 6.26 Å². The molecule has 1 atom stereocenters. The molecule has 2 aliphatic rings. The molecule has 1 saturated carbocycles. The third-order valence-corrected chi connectivity index (χ3v) is 3.76. The van der Waals surface area contributed by atoms with Crippen LogP contribution < -0.4 is 0 Å². The summed E-state index contributed by atoms with van der Waals surface area (Å²) in [7, 11) is 0. The van der Waals surface area contributed by atoms with Crippen LogP contribution in [0.4, 0.5) is 0 Å². The molecule has 0 unspecified atom stereocenters. The molecule has 1 aliphatic heterocycles. The number of aryl methyl sites for hydroxylation is 1. The maximum absolute atomic E-state index is 11.8. The van der Waals surface area contributed by atoms with E-state index in [1.54, 1.807) is 13.0 Å². The minimum atomic E-state index is -0.372. The zero-order valence-corrected chi connectivity index (χ0v) is 10.9. The van der Waals surface area contributed by atoms with E-state index >= 15 is 0 Å². The summed E-state index contributed by atoms with van der Waals surface area (Å²) in [6.07, 6.45) is 4.20. The maximum Gasteiger partial charge on any atom is 0.341 e. The molecule has 1 aliphatic carbocycles. The van der Waals surface area contributed by atoms with Crippen molar-refractivity contribution in [2.45, 2.75) is 32.2 Å². The lowest BCUT2D eigenvalue weighted by atomic mass is 10.1. The Morgan fingerprint density at radius 2 is 2.32 bits per heavy atom. The summed E-state index contributed by atoms with van der Waals surface area (Å²) in [6, 6.07) is 2.05. The van der Waals surface area contributed by atoms with E-state index in [2.05, 4.69) is 0 Å². The number of hydrogen-bond acceptors (Lipinski definition) is 4. The fraction of sp³-hybridized carbons (Fsp3) is 0.571. The van der Waals surface area contributed by atoms with Crippen molar-refractivity contribution in [3.8, 4) is 0 Å². The van der Waals surface area contributed by atoms with Gasteiger partial charge < -0.3 is 14.1 Å². The van der Waals surface area contributed by atoms with Crippen molar-refractivity contribution < 1.29 is 18.7 Å². The van der Waals surface area contributed by atoms with Crippen molar-refractivity contribution in [3.05, 3.63) is 23.7 Å². The smallest absolute Gasteiger partial charge is 0.341 e. The fourth-order valence-electron chi connectivity index (χ4n) is 2.53. The summed E-state index contributed by atoms with van der Waals surface area (Å²) >= 11 is 0. The third-order valence-electron chi connectivity index (χ3n) is 3.76. The van der Waals surface area contributed by atoms with Crippen LogP contribution in [-0.2, 0) is 9.53 Å². The van der Waals surface area contributed by atoms with Gasteiger partial charge in [-0.1, -0.05) is 0 Å². The monoisotopic (exact) mass is 263 g/mol. The number of hydrogen-bond donors (Lipinski definition) is 0. The number of carbonyl (C=O) groups excluding carboxylic acids is 2. The molecule has 1 saturated heterocycles. The fourth-order valence-corrected chi connectivity index (χ4v) is 2.53. The zero-order valence-electron chi connectivity index (χ0n) is 10.9. The first-order valence-corrected chi connectivity index (χ1v) is 6.66. The number of likely N-dealkylation sites (tertiary alicyclic amines) is 1. The van der Waals surface area contributed by atoms with Crippen molar-refractivity contribution in [1.29, 1.82) is 0 Å². The zero-order chi connectivity index (χ0) is 13.4. The summed E-state index contributed by atoms with van der Waals surface area (Å²) in [6.45, 7) is 2.75. The predicted molar refractivity (Wildman–Crippen MR) is 66.6 cm³/mol. The van der Waals surface area contributed by atoms with E-state index in [9.17, 15) is 9.59 Å². The standard InChI is InChI=1S/C14H17NO4/c1-9-12(4-5-18-9)14(17)19-8-10-6-13(16)15(7-10)11-2-3-11/h4-5,10-11H,2-3,6-8H2,1H3/t10-/m1/s1. The van der Waals surface area contributed by atoms with Crippen LogP contribution in [0.2, 0.25) is 0 Å². The molecule has 5 nitrogen and oxygen atoms in total. The highest BCUT2D eigenvalue weighted by atomic mass is 16.5. The number of esters is 1. The highest BCUT2D eigenvalue weighted by Gasteiger charge is 2.39. The van der Waals surface area contributed by atoms with Gasteiger partial charge in [-0.15, -0.1) is 0 Å². The number of carbonyl (C=O) groups is 2. The van der Waals surface area contributed by atoms with E-state index in [0.717, 1.165) is 19.4 Å². The van der Waals surface area contributed by atoms with E-state index in [1.807, 2.05) is 4.90 Å². The lowest BCUT2D eigenvalue weighted by Crippen LogP contribution is -2.27. The van der Waals surface area contributed by atoms with Crippen LogP contribution in [0.15, 0.2) is 16.7 Å². The van der Waals surface area contributed by atoms with E-state index in [-0.39, 0.29) is 17.8 Å². The molecule has 1 aromatic rings. The molecule has 102 valence electrons. The average Bonchev–Trinajstić information content (AvgIpc) is 3.03. The van der Waals surface area contributed by atoms with Gasteiger partial charge in [-0.05, 0) is 25.8 Å². The van der Waals surface area contributed by atoms with Gasteiger partial charge in [0.2, 0.25) is 5.91 Å². The summed E-state index contributed by atoms with van der Waals surface area (Å²) < 4.78 is 10.3. The van der Waals surface area contributed by atoms with E-state index < -0.39 is 0 Å². The van der Waals surface area contributed by atoms with Crippen LogP contribution in [0.3, 0.4) is 0 Å². The molecule has 1 amide bonds. The number of furan rings is 1. The average molecular weight is 263 g/mol. The first-order valence-electron chi connectivity index (χ1n) is 6.66. The van der Waals surface area contributed by atoms with Crippen LogP contribution in [0.25, 0.3) is 0 Å². The van der Waals surface area contributed by atoms with Crippen LogP contribution in [0.5, 0.6) is 0 Å². The Kier molecular flexibility index (Phi) is 3.05. The molecular weight excluding hydrogens is 246 g/mol. The molecule has 2 heterocycles. The summed E-state index contributed by atoms with van der Waals surface area (Å²) in [5.74, 6) is 0.517. The van der Waals surface area contributed by atoms with Gasteiger partial charge in [0.25, 0.3) is 0 Å². The highest BCUT2D eigenvalue weighted by Crippen LogP contribution is 2.32. The Morgan fingerprint density at radius 1 is 1.53 bits per heavy atom. The van der Waals surface area contributed by atoms with Crippen LogP contribution in [0.1, 0.15) is 35.4 Å². The van der Waals surface area contributed by atoms with Gasteiger partial charge in [-0.2, -0.15) is 0 Å². The van der Waals surface area contributed by atoms with Gasteiger partial charge in [0.1, 0.15) is 11.3 Å². The quantitative estimate of drug-likeness (QED) is 0.777. The van der Waals surface area contributed by atoms with Crippen molar-refractivity contribution in [1.82, 2.24) is 4.90 Å². The SMILES string of the molecule is Cc1occc1C(=O)OC[C@@H]1CC(=O)N(C2CC2)C1. The molecule has 2 fully saturated rings. The number of rotatable bonds is 4. The Balaban J connectivity index is 1.52. The molecule has 0 spiro atoms. The van der Waals surface area contributed by atoms with Crippen LogP contribution in [0, 0.1) is 12.8 Å². The number of amides is 1. The normalized spacial score (nSPS) is 22.9. The predicted octanol–water partition coefficient (Wildman–Crippen LogP) is 1.76. The molecule has 1 aromatic heterocycles. The second-order valence-corrected chi connectivity index (χ2v) is 5.34. The molecule has 0 N–H and O–H groups in total. The Labute approximate surface area is 111 Å². The highest BCUT2D eigenvalue weighted by molar-refractivity contribution is 5.90. The number of ether oxygens (including phenoxy) is 1. The van der Waals surface area contributed by atoms with Gasteiger partial charge in [0.15, 0.2) is 0 Å². The second kappa shape index (κ2) is 4.72. The largest absolute Gasteiger partial charge is 0.469 e. The third kappa shape index (κ3) is 2.50. The van der Waals surface area contributed by atoms with Crippen molar-refractivity contribution in [2.75, 3.05) is 13.2 Å². The molecule has 0 aromatic carbocycles. The van der Waals surface area contributed by atoms with Gasteiger partial charge in [-0.25, -0.2) is 4.79 Å². The first-order chi connectivity index (χ1) is 9.15. The molecule has 19 heavy (non-hydrogen) atoms. The van der Waals surface area contributed by atoms with Crippen molar-refractivity contribution in [3.63, 3.8) is 0 Å². The Bertz CT molecular complexity index is 503. The van der Waals surface area contributed by atoms with E-state index in [4.69, 9.17) is 9.15 Å². The molecule has 5 heteroatoms. The molecule has 0 bridgehead atoms. The Morgan fingerprint density at radius 3 is 2.95 bits per heavy atom.